The second-order valence-corrected chi connectivity index (χ2v) is 6.71. The van der Waals surface area contributed by atoms with Gasteiger partial charge in [-0.05, 0) is 55.5 Å². The molecule has 2 aromatic carbocycles. The lowest BCUT2D eigenvalue weighted by Gasteiger charge is -2.10. The largest absolute Gasteiger partial charge is 0.497 e. The van der Waals surface area contributed by atoms with E-state index in [0.29, 0.717) is 34.5 Å². The number of aryl methyl sites for hydroxylation is 2. The molecule has 0 radical (unpaired) electrons. The van der Waals surface area contributed by atoms with E-state index in [4.69, 9.17) is 4.74 Å². The zero-order chi connectivity index (χ0) is 20.3. The number of aromatic nitrogens is 1. The Bertz CT molecular complexity index is 1120. The average molecular weight is 378 g/mol. The molecule has 0 bridgehead atoms. The van der Waals surface area contributed by atoms with Crippen LogP contribution in [-0.4, -0.2) is 23.8 Å². The Morgan fingerprint density at radius 3 is 2.61 bits per heavy atom. The monoisotopic (exact) mass is 378 g/mol. The highest BCUT2D eigenvalue weighted by atomic mass is 16.5. The highest BCUT2D eigenvalue weighted by Crippen LogP contribution is 2.20. The van der Waals surface area contributed by atoms with Gasteiger partial charge >= 0.3 is 0 Å². The highest BCUT2D eigenvalue weighted by molar-refractivity contribution is 5.97. The summed E-state index contributed by atoms with van der Waals surface area (Å²) in [5.41, 5.74) is 3.04. The van der Waals surface area contributed by atoms with E-state index in [1.807, 2.05) is 19.1 Å². The smallest absolute Gasteiger partial charge is 0.251 e. The van der Waals surface area contributed by atoms with Crippen LogP contribution in [0.1, 0.15) is 34.8 Å². The zero-order valence-electron chi connectivity index (χ0n) is 16.1. The number of rotatable bonds is 6. The van der Waals surface area contributed by atoms with Crippen molar-refractivity contribution in [2.45, 2.75) is 26.7 Å². The minimum absolute atomic E-state index is 0.0603. The van der Waals surface area contributed by atoms with E-state index in [2.05, 4.69) is 10.3 Å². The van der Waals surface area contributed by atoms with Gasteiger partial charge in [0, 0.05) is 29.3 Å². The first-order chi connectivity index (χ1) is 13.4. The molecule has 6 nitrogen and oxygen atoms in total. The molecule has 0 fully saturated rings. The van der Waals surface area contributed by atoms with E-state index in [9.17, 15) is 14.4 Å². The van der Waals surface area contributed by atoms with Gasteiger partial charge in [0.05, 0.1) is 12.6 Å². The summed E-state index contributed by atoms with van der Waals surface area (Å²) in [7, 11) is 1.57. The van der Waals surface area contributed by atoms with Crippen molar-refractivity contribution in [2.75, 3.05) is 12.4 Å². The van der Waals surface area contributed by atoms with Gasteiger partial charge in [0.15, 0.2) is 5.78 Å². The number of methoxy groups -OCH3 is 1. The second-order valence-electron chi connectivity index (χ2n) is 6.71. The van der Waals surface area contributed by atoms with Crippen LogP contribution in [0.4, 0.5) is 5.69 Å². The number of amides is 1. The number of hydrogen-bond acceptors (Lipinski definition) is 4. The molecule has 0 saturated heterocycles. The summed E-state index contributed by atoms with van der Waals surface area (Å²) in [6.07, 6.45) is 0.475. The van der Waals surface area contributed by atoms with Crippen LogP contribution in [0.5, 0.6) is 5.75 Å². The van der Waals surface area contributed by atoms with Crippen molar-refractivity contribution in [1.82, 2.24) is 4.98 Å². The van der Waals surface area contributed by atoms with Gasteiger partial charge in [-0.15, -0.1) is 0 Å². The van der Waals surface area contributed by atoms with Crippen molar-refractivity contribution in [3.63, 3.8) is 0 Å². The van der Waals surface area contributed by atoms with E-state index in [0.717, 1.165) is 10.9 Å². The second kappa shape index (κ2) is 8.08. The third kappa shape index (κ3) is 4.28. The van der Waals surface area contributed by atoms with Gasteiger partial charge in [0.25, 0.3) is 5.56 Å². The van der Waals surface area contributed by atoms with Crippen molar-refractivity contribution in [3.8, 4) is 5.75 Å². The molecule has 0 saturated carbocycles. The number of carbonyl (C=O) groups is 2. The molecule has 0 aliphatic carbocycles. The molecule has 1 heterocycles. The molecule has 1 aromatic heterocycles. The first-order valence-corrected chi connectivity index (χ1v) is 8.99. The average Bonchev–Trinajstić information content (AvgIpc) is 2.67. The van der Waals surface area contributed by atoms with Crippen LogP contribution < -0.4 is 15.6 Å². The van der Waals surface area contributed by atoms with Crippen molar-refractivity contribution < 1.29 is 14.3 Å². The van der Waals surface area contributed by atoms with Crippen LogP contribution >= 0.6 is 0 Å². The van der Waals surface area contributed by atoms with Crippen LogP contribution in [0.25, 0.3) is 10.9 Å². The van der Waals surface area contributed by atoms with Gasteiger partial charge in [-0.2, -0.15) is 0 Å². The van der Waals surface area contributed by atoms with Crippen LogP contribution in [-0.2, 0) is 11.2 Å². The molecule has 2 N–H and O–H groups in total. The Hall–Kier alpha value is -3.41. The lowest BCUT2D eigenvalue weighted by atomic mass is 10.1. The molecule has 6 heteroatoms. The number of hydrogen-bond donors (Lipinski definition) is 2. The standard InChI is InChI=1S/C22H22N2O4/c1-13-4-5-15(14(2)25)11-19(13)23-21(26)9-7-17-10-16-6-8-18(28-3)12-20(16)24-22(17)27/h4-6,8,10-12H,7,9H2,1-3H3,(H,23,26)(H,24,27). The predicted octanol–water partition coefficient (Wildman–Crippen LogP) is 3.62. The predicted molar refractivity (Wildman–Crippen MR) is 109 cm³/mol. The van der Waals surface area contributed by atoms with Gasteiger partial charge in [0.1, 0.15) is 5.75 Å². The molecule has 0 aliphatic heterocycles. The third-order valence-electron chi connectivity index (χ3n) is 4.67. The summed E-state index contributed by atoms with van der Waals surface area (Å²) in [5, 5.41) is 3.70. The van der Waals surface area contributed by atoms with Gasteiger partial charge < -0.3 is 15.0 Å². The Kier molecular flexibility index (Phi) is 5.59. The van der Waals surface area contributed by atoms with Crippen molar-refractivity contribution in [1.29, 1.82) is 0 Å². The fraction of sp³-hybridized carbons (Fsp3) is 0.227. The number of pyridine rings is 1. The maximum atomic E-state index is 12.4. The lowest BCUT2D eigenvalue weighted by Crippen LogP contribution is -2.17. The number of anilines is 1. The minimum Gasteiger partial charge on any atom is -0.497 e. The number of benzene rings is 2. The number of aromatic amines is 1. The zero-order valence-corrected chi connectivity index (χ0v) is 16.1. The summed E-state index contributed by atoms with van der Waals surface area (Å²) in [4.78, 5) is 39.0. The number of H-pyrrole nitrogens is 1. The number of fused-ring (bicyclic) bond motifs is 1. The molecule has 3 aromatic rings. The fourth-order valence-corrected chi connectivity index (χ4v) is 2.97. The van der Waals surface area contributed by atoms with Crippen molar-refractivity contribution in [3.05, 3.63) is 69.5 Å². The third-order valence-corrected chi connectivity index (χ3v) is 4.67. The Morgan fingerprint density at radius 1 is 1.11 bits per heavy atom. The highest BCUT2D eigenvalue weighted by Gasteiger charge is 2.10. The Labute approximate surface area is 162 Å². The molecule has 144 valence electrons. The molecule has 0 spiro atoms. The SMILES string of the molecule is COc1ccc2cc(CCC(=O)Nc3cc(C(C)=O)ccc3C)c(=O)[nH]c2c1. The van der Waals surface area contributed by atoms with Crippen LogP contribution in [0, 0.1) is 6.92 Å². The molecule has 0 aliphatic rings. The van der Waals surface area contributed by atoms with Gasteiger partial charge in [-0.25, -0.2) is 0 Å². The molecular weight excluding hydrogens is 356 g/mol. The van der Waals surface area contributed by atoms with Gasteiger partial charge in [0.2, 0.25) is 5.91 Å². The summed E-state index contributed by atoms with van der Waals surface area (Å²) in [6.45, 7) is 3.35. The molecular formula is C22H22N2O4. The summed E-state index contributed by atoms with van der Waals surface area (Å²) >= 11 is 0. The van der Waals surface area contributed by atoms with Gasteiger partial charge in [-0.1, -0.05) is 12.1 Å². The number of carbonyl (C=O) groups excluding carboxylic acids is 2. The molecule has 28 heavy (non-hydrogen) atoms. The number of ketones is 1. The molecule has 3 rings (SSSR count). The first-order valence-electron chi connectivity index (χ1n) is 8.99. The summed E-state index contributed by atoms with van der Waals surface area (Å²) in [6, 6.07) is 12.4. The van der Waals surface area contributed by atoms with Crippen LogP contribution in [0.3, 0.4) is 0 Å². The molecule has 0 atom stereocenters. The summed E-state index contributed by atoms with van der Waals surface area (Å²) < 4.78 is 5.16. The van der Waals surface area contributed by atoms with Crippen LogP contribution in [0.15, 0.2) is 47.3 Å². The fourth-order valence-electron chi connectivity index (χ4n) is 2.97. The van der Waals surface area contributed by atoms with Gasteiger partial charge in [-0.3, -0.25) is 14.4 Å². The topological polar surface area (TPSA) is 88.3 Å². The minimum atomic E-state index is -0.219. The maximum Gasteiger partial charge on any atom is 0.251 e. The van der Waals surface area contributed by atoms with E-state index in [-0.39, 0.29) is 23.7 Å². The van der Waals surface area contributed by atoms with E-state index >= 15 is 0 Å². The summed E-state index contributed by atoms with van der Waals surface area (Å²) in [5.74, 6) is 0.395. The number of Topliss-reactive ketones (excluding diaryl/α,β-unsaturated/α-hetero) is 1. The van der Waals surface area contributed by atoms with Crippen molar-refractivity contribution in [2.24, 2.45) is 0 Å². The maximum absolute atomic E-state index is 12.4. The molecule has 0 unspecified atom stereocenters. The first kappa shape index (κ1) is 19.4. The Morgan fingerprint density at radius 2 is 1.89 bits per heavy atom. The Balaban J connectivity index is 1.73. The van der Waals surface area contributed by atoms with Crippen molar-refractivity contribution >= 4 is 28.3 Å². The van der Waals surface area contributed by atoms with E-state index in [1.54, 1.807) is 37.4 Å². The number of nitrogens with one attached hydrogen (secondary N) is 2. The lowest BCUT2D eigenvalue weighted by molar-refractivity contribution is -0.116. The quantitative estimate of drug-likeness (QED) is 0.641. The number of ether oxygens (including phenoxy) is 1. The normalized spacial score (nSPS) is 10.7. The molecule has 1 amide bonds. The van der Waals surface area contributed by atoms with E-state index in [1.165, 1.54) is 6.92 Å². The van der Waals surface area contributed by atoms with Crippen LogP contribution in [0.2, 0.25) is 0 Å². The van der Waals surface area contributed by atoms with E-state index < -0.39 is 0 Å².